The van der Waals surface area contributed by atoms with Gasteiger partial charge in [0.2, 0.25) is 11.8 Å². The monoisotopic (exact) mass is 455 g/mol. The predicted octanol–water partition coefficient (Wildman–Crippen LogP) is 1.16. The Hall–Kier alpha value is -2.86. The molecular formula is C19H23F2N5O4S. The van der Waals surface area contributed by atoms with Crippen molar-refractivity contribution in [2.24, 2.45) is 13.0 Å². The van der Waals surface area contributed by atoms with Crippen LogP contribution in [0.25, 0.3) is 0 Å². The van der Waals surface area contributed by atoms with E-state index in [0.29, 0.717) is 18.7 Å². The molecule has 0 aliphatic carbocycles. The minimum absolute atomic E-state index is 0.0238. The molecule has 1 saturated heterocycles. The summed E-state index contributed by atoms with van der Waals surface area (Å²) in [6, 6.07) is 2.93. The molecule has 0 radical (unpaired) electrons. The maximum Gasteiger partial charge on any atom is 0.262 e. The summed E-state index contributed by atoms with van der Waals surface area (Å²) >= 11 is 0. The number of benzene rings is 1. The van der Waals surface area contributed by atoms with Crippen molar-refractivity contribution in [3.63, 3.8) is 0 Å². The Morgan fingerprint density at radius 2 is 1.87 bits per heavy atom. The largest absolute Gasteiger partial charge is 0.347 e. The third-order valence-corrected chi connectivity index (χ3v) is 6.91. The summed E-state index contributed by atoms with van der Waals surface area (Å²) < 4.78 is 54.4. The normalized spacial score (nSPS) is 15.6. The molecule has 9 nitrogen and oxygen atoms in total. The van der Waals surface area contributed by atoms with E-state index in [1.165, 1.54) is 16.6 Å². The van der Waals surface area contributed by atoms with E-state index in [2.05, 4.69) is 15.6 Å². The molecule has 1 aliphatic rings. The van der Waals surface area contributed by atoms with E-state index in [1.807, 2.05) is 0 Å². The van der Waals surface area contributed by atoms with Crippen LogP contribution < -0.4 is 10.6 Å². The minimum Gasteiger partial charge on any atom is -0.347 e. The topological polar surface area (TPSA) is 113 Å². The highest BCUT2D eigenvalue weighted by Gasteiger charge is 2.33. The molecule has 0 unspecified atom stereocenters. The average molecular weight is 455 g/mol. The van der Waals surface area contributed by atoms with Crippen LogP contribution in [0.3, 0.4) is 0 Å². The van der Waals surface area contributed by atoms with E-state index in [0.717, 1.165) is 12.1 Å². The second kappa shape index (κ2) is 9.10. The number of carbonyl (C=O) groups is 2. The van der Waals surface area contributed by atoms with Gasteiger partial charge in [-0.25, -0.2) is 22.2 Å². The molecule has 0 bridgehead atoms. The number of anilines is 1. The SMILES string of the molecule is Cc1nc(S(=O)(=O)N2CCC(C(=O)NCC(=O)Nc3ccc(F)c(F)c3)CC2)cn1C. The van der Waals surface area contributed by atoms with Gasteiger partial charge in [0.1, 0.15) is 5.82 Å². The van der Waals surface area contributed by atoms with Crippen LogP contribution >= 0.6 is 0 Å². The third-order valence-electron chi connectivity index (χ3n) is 5.14. The highest BCUT2D eigenvalue weighted by Crippen LogP contribution is 2.23. The second-order valence-corrected chi connectivity index (χ2v) is 9.20. The number of nitrogens with one attached hydrogen (secondary N) is 2. The quantitative estimate of drug-likeness (QED) is 0.679. The Labute approximate surface area is 178 Å². The van der Waals surface area contributed by atoms with E-state index in [4.69, 9.17) is 0 Å². The van der Waals surface area contributed by atoms with Gasteiger partial charge in [0.25, 0.3) is 10.0 Å². The first-order valence-electron chi connectivity index (χ1n) is 9.60. The first-order chi connectivity index (χ1) is 14.6. The molecule has 2 aromatic rings. The summed E-state index contributed by atoms with van der Waals surface area (Å²) in [5, 5.41) is 4.83. The van der Waals surface area contributed by atoms with Gasteiger partial charge >= 0.3 is 0 Å². The van der Waals surface area contributed by atoms with E-state index in [9.17, 15) is 26.8 Å². The van der Waals surface area contributed by atoms with Gasteiger partial charge in [-0.05, 0) is 31.9 Å². The minimum atomic E-state index is -3.73. The number of amides is 2. The molecule has 0 spiro atoms. The Balaban J connectivity index is 1.48. The molecule has 1 aromatic heterocycles. The van der Waals surface area contributed by atoms with Crippen molar-refractivity contribution in [2.75, 3.05) is 25.0 Å². The summed E-state index contributed by atoms with van der Waals surface area (Å²) in [4.78, 5) is 28.3. The standard InChI is InChI=1S/C19H23F2N5O4S/c1-12-23-18(11-25(12)2)31(29,30)26-7-5-13(6-8-26)19(28)22-10-17(27)24-14-3-4-15(20)16(21)9-14/h3-4,9,11,13H,5-8,10H2,1-2H3,(H,22,28)(H,24,27). The molecule has 1 aromatic carbocycles. The lowest BCUT2D eigenvalue weighted by atomic mass is 9.97. The summed E-state index contributed by atoms with van der Waals surface area (Å²) in [6.45, 7) is 1.69. The van der Waals surface area contributed by atoms with E-state index < -0.39 is 33.5 Å². The number of sulfonamides is 1. The lowest BCUT2D eigenvalue weighted by molar-refractivity contribution is -0.128. The van der Waals surface area contributed by atoms with Gasteiger partial charge in [0.05, 0.1) is 6.54 Å². The van der Waals surface area contributed by atoms with Crippen molar-refractivity contribution in [2.45, 2.75) is 24.8 Å². The summed E-state index contributed by atoms with van der Waals surface area (Å²) in [7, 11) is -2.02. The molecule has 31 heavy (non-hydrogen) atoms. The molecule has 1 fully saturated rings. The Bertz CT molecular complexity index is 1080. The predicted molar refractivity (Wildman–Crippen MR) is 107 cm³/mol. The lowest BCUT2D eigenvalue weighted by Crippen LogP contribution is -2.44. The summed E-state index contributed by atoms with van der Waals surface area (Å²) in [6.07, 6.45) is 2.07. The molecule has 0 atom stereocenters. The maximum atomic E-state index is 13.2. The first-order valence-corrected chi connectivity index (χ1v) is 11.0. The number of hydrogen-bond acceptors (Lipinski definition) is 5. The Kier molecular flexibility index (Phi) is 6.70. The fraction of sp³-hybridized carbons (Fsp3) is 0.421. The summed E-state index contributed by atoms with van der Waals surface area (Å²) in [5.74, 6) is -2.94. The van der Waals surface area contributed by atoms with Crippen LogP contribution in [-0.2, 0) is 26.7 Å². The molecular weight excluding hydrogens is 432 g/mol. The zero-order valence-corrected chi connectivity index (χ0v) is 17.9. The fourth-order valence-electron chi connectivity index (χ4n) is 3.23. The van der Waals surface area contributed by atoms with Gasteiger partial charge in [-0.15, -0.1) is 0 Å². The molecule has 1 aliphatic heterocycles. The molecule has 2 N–H and O–H groups in total. The number of hydrogen-bond donors (Lipinski definition) is 2. The van der Waals surface area contributed by atoms with Crippen molar-refractivity contribution < 1.29 is 26.8 Å². The van der Waals surface area contributed by atoms with Crippen LogP contribution in [-0.4, -0.2) is 53.7 Å². The Morgan fingerprint density at radius 3 is 2.45 bits per heavy atom. The fourth-order valence-corrected chi connectivity index (χ4v) is 4.73. The first kappa shape index (κ1) is 22.8. The van der Waals surface area contributed by atoms with Crippen molar-refractivity contribution in [3.8, 4) is 0 Å². The van der Waals surface area contributed by atoms with Gasteiger partial charge in [-0.3, -0.25) is 9.59 Å². The van der Waals surface area contributed by atoms with Crippen molar-refractivity contribution in [1.29, 1.82) is 0 Å². The number of aryl methyl sites for hydroxylation is 2. The number of halogens is 2. The highest BCUT2D eigenvalue weighted by atomic mass is 32.2. The molecule has 3 rings (SSSR count). The van der Waals surface area contributed by atoms with E-state index >= 15 is 0 Å². The van der Waals surface area contributed by atoms with Crippen LogP contribution in [0, 0.1) is 24.5 Å². The number of nitrogens with zero attached hydrogens (tertiary/aromatic N) is 3. The zero-order valence-electron chi connectivity index (χ0n) is 17.1. The number of aromatic nitrogens is 2. The van der Waals surface area contributed by atoms with Crippen molar-refractivity contribution >= 4 is 27.5 Å². The lowest BCUT2D eigenvalue weighted by Gasteiger charge is -2.29. The van der Waals surface area contributed by atoms with Gasteiger partial charge in [0, 0.05) is 44.0 Å². The second-order valence-electron chi connectivity index (χ2n) is 7.31. The van der Waals surface area contributed by atoms with Gasteiger partial charge < -0.3 is 15.2 Å². The number of rotatable bonds is 6. The molecule has 2 heterocycles. The number of imidazole rings is 1. The van der Waals surface area contributed by atoms with Gasteiger partial charge in [-0.1, -0.05) is 0 Å². The van der Waals surface area contributed by atoms with Crippen LogP contribution in [0.1, 0.15) is 18.7 Å². The van der Waals surface area contributed by atoms with Gasteiger partial charge in [0.15, 0.2) is 16.7 Å². The van der Waals surface area contributed by atoms with Crippen LogP contribution in [0.5, 0.6) is 0 Å². The van der Waals surface area contributed by atoms with Crippen molar-refractivity contribution in [3.05, 3.63) is 41.9 Å². The highest BCUT2D eigenvalue weighted by molar-refractivity contribution is 7.89. The molecule has 168 valence electrons. The summed E-state index contributed by atoms with van der Waals surface area (Å²) in [5.41, 5.74) is 0.0708. The van der Waals surface area contributed by atoms with E-state index in [-0.39, 0.29) is 36.3 Å². The molecule has 2 amide bonds. The van der Waals surface area contributed by atoms with Crippen LogP contribution in [0.15, 0.2) is 29.4 Å². The zero-order chi connectivity index (χ0) is 22.8. The third kappa shape index (κ3) is 5.25. The van der Waals surface area contributed by atoms with E-state index in [1.54, 1.807) is 18.5 Å². The van der Waals surface area contributed by atoms with Gasteiger partial charge in [-0.2, -0.15) is 4.31 Å². The molecule has 12 heteroatoms. The van der Waals surface area contributed by atoms with Crippen LogP contribution in [0.4, 0.5) is 14.5 Å². The van der Waals surface area contributed by atoms with Crippen molar-refractivity contribution in [1.82, 2.24) is 19.2 Å². The maximum absolute atomic E-state index is 13.2. The van der Waals surface area contributed by atoms with Crippen LogP contribution in [0.2, 0.25) is 0 Å². The number of piperidine rings is 1. The smallest absolute Gasteiger partial charge is 0.262 e. The Morgan fingerprint density at radius 1 is 1.19 bits per heavy atom. The average Bonchev–Trinajstić information content (AvgIpc) is 3.08. The number of carbonyl (C=O) groups excluding carboxylic acids is 2. The molecule has 0 saturated carbocycles.